The second-order valence-corrected chi connectivity index (χ2v) is 6.59. The highest BCUT2D eigenvalue weighted by Gasteiger charge is 2.27. The van der Waals surface area contributed by atoms with Crippen molar-refractivity contribution in [3.05, 3.63) is 66.8 Å². The standard InChI is InChI=1S/C20H21N7O/c28-18(7-6-16-12-21-14-25-16)27-11-3-4-15(13-27)19-20(24-10-9-23-19)26-17-5-1-2-8-22-17/h1-2,5-10,12,14-15H,3-4,11,13H2,(H,21,25)(H,22,24,26)/b7-6+/t15-/m0/s1. The van der Waals surface area contributed by atoms with Gasteiger partial charge in [0.05, 0.1) is 23.9 Å². The van der Waals surface area contributed by atoms with Crippen LogP contribution in [0.25, 0.3) is 6.08 Å². The van der Waals surface area contributed by atoms with Gasteiger partial charge in [-0.15, -0.1) is 0 Å². The lowest BCUT2D eigenvalue weighted by Gasteiger charge is -2.32. The van der Waals surface area contributed by atoms with Crippen molar-refractivity contribution in [2.45, 2.75) is 18.8 Å². The van der Waals surface area contributed by atoms with Gasteiger partial charge in [0, 0.05) is 43.7 Å². The van der Waals surface area contributed by atoms with Crippen LogP contribution < -0.4 is 5.32 Å². The van der Waals surface area contributed by atoms with E-state index < -0.39 is 0 Å². The van der Waals surface area contributed by atoms with E-state index in [1.807, 2.05) is 23.1 Å². The number of aromatic amines is 1. The van der Waals surface area contributed by atoms with Crippen molar-refractivity contribution in [3.63, 3.8) is 0 Å². The quantitative estimate of drug-likeness (QED) is 0.665. The molecule has 3 aromatic heterocycles. The van der Waals surface area contributed by atoms with Gasteiger partial charge in [0.15, 0.2) is 5.82 Å². The number of aromatic nitrogens is 5. The molecule has 8 heteroatoms. The topological polar surface area (TPSA) is 99.7 Å². The zero-order valence-corrected chi connectivity index (χ0v) is 15.3. The number of hydrogen-bond acceptors (Lipinski definition) is 6. The van der Waals surface area contributed by atoms with Crippen LogP contribution >= 0.6 is 0 Å². The van der Waals surface area contributed by atoms with Gasteiger partial charge in [0.1, 0.15) is 5.82 Å². The molecule has 28 heavy (non-hydrogen) atoms. The smallest absolute Gasteiger partial charge is 0.246 e. The molecular formula is C20H21N7O. The average molecular weight is 375 g/mol. The molecule has 0 bridgehead atoms. The lowest BCUT2D eigenvalue weighted by molar-refractivity contribution is -0.127. The van der Waals surface area contributed by atoms with E-state index in [1.165, 1.54) is 0 Å². The Kier molecular flexibility index (Phi) is 5.37. The van der Waals surface area contributed by atoms with Crippen molar-refractivity contribution in [2.75, 3.05) is 18.4 Å². The summed E-state index contributed by atoms with van der Waals surface area (Å²) in [5.74, 6) is 1.52. The average Bonchev–Trinajstić information content (AvgIpc) is 3.27. The molecule has 1 fully saturated rings. The Morgan fingerprint density at radius 1 is 1.21 bits per heavy atom. The summed E-state index contributed by atoms with van der Waals surface area (Å²) < 4.78 is 0. The first-order valence-electron chi connectivity index (χ1n) is 9.24. The van der Waals surface area contributed by atoms with Crippen molar-refractivity contribution in [3.8, 4) is 0 Å². The van der Waals surface area contributed by atoms with E-state index in [0.717, 1.165) is 36.6 Å². The number of rotatable bonds is 5. The second kappa shape index (κ2) is 8.43. The first-order chi connectivity index (χ1) is 13.8. The van der Waals surface area contributed by atoms with E-state index in [4.69, 9.17) is 0 Å². The van der Waals surface area contributed by atoms with Crippen LogP contribution in [0.1, 0.15) is 30.1 Å². The highest BCUT2D eigenvalue weighted by molar-refractivity contribution is 5.91. The molecule has 0 spiro atoms. The Labute approximate surface area is 162 Å². The predicted octanol–water partition coefficient (Wildman–Crippen LogP) is 2.76. The Morgan fingerprint density at radius 3 is 2.96 bits per heavy atom. The van der Waals surface area contributed by atoms with Crippen LogP contribution in [0.2, 0.25) is 0 Å². The Bertz CT molecular complexity index is 940. The highest BCUT2D eigenvalue weighted by atomic mass is 16.2. The number of nitrogens with one attached hydrogen (secondary N) is 2. The third-order valence-corrected chi connectivity index (χ3v) is 4.68. The first-order valence-corrected chi connectivity index (χ1v) is 9.24. The predicted molar refractivity (Wildman–Crippen MR) is 106 cm³/mol. The molecule has 4 rings (SSSR count). The van der Waals surface area contributed by atoms with E-state index >= 15 is 0 Å². The zero-order chi connectivity index (χ0) is 19.2. The minimum Gasteiger partial charge on any atom is -0.345 e. The molecule has 1 amide bonds. The van der Waals surface area contributed by atoms with Gasteiger partial charge in [0.2, 0.25) is 5.91 Å². The van der Waals surface area contributed by atoms with Crippen LogP contribution in [-0.4, -0.2) is 48.8 Å². The molecule has 4 heterocycles. The van der Waals surface area contributed by atoms with Crippen LogP contribution in [-0.2, 0) is 4.79 Å². The number of H-pyrrole nitrogens is 1. The number of imidazole rings is 1. The molecule has 0 radical (unpaired) electrons. The van der Waals surface area contributed by atoms with Gasteiger partial charge in [-0.05, 0) is 31.1 Å². The minimum absolute atomic E-state index is 0.0116. The van der Waals surface area contributed by atoms with Gasteiger partial charge >= 0.3 is 0 Å². The maximum absolute atomic E-state index is 12.6. The number of amides is 1. The molecule has 0 aromatic carbocycles. The minimum atomic E-state index is -0.0116. The fourth-order valence-corrected chi connectivity index (χ4v) is 3.33. The first kappa shape index (κ1) is 17.8. The Morgan fingerprint density at radius 2 is 2.14 bits per heavy atom. The lowest BCUT2D eigenvalue weighted by atomic mass is 9.94. The normalized spacial score (nSPS) is 17.0. The van der Waals surface area contributed by atoms with Crippen LogP contribution in [0.15, 0.2) is 55.4 Å². The van der Waals surface area contributed by atoms with E-state index in [2.05, 4.69) is 30.2 Å². The number of nitrogens with zero attached hydrogens (tertiary/aromatic N) is 5. The largest absolute Gasteiger partial charge is 0.345 e. The van der Waals surface area contributed by atoms with Crippen LogP contribution in [0, 0.1) is 0 Å². The third kappa shape index (κ3) is 4.22. The summed E-state index contributed by atoms with van der Waals surface area (Å²) in [4.78, 5) is 34.7. The van der Waals surface area contributed by atoms with Crippen LogP contribution in [0.5, 0.6) is 0 Å². The molecule has 0 aliphatic carbocycles. The molecule has 2 N–H and O–H groups in total. The van der Waals surface area contributed by atoms with Gasteiger partial charge in [-0.1, -0.05) is 6.07 Å². The van der Waals surface area contributed by atoms with Gasteiger partial charge in [-0.3, -0.25) is 9.78 Å². The number of hydrogen-bond donors (Lipinski definition) is 2. The molecule has 142 valence electrons. The molecule has 1 aliphatic rings. The van der Waals surface area contributed by atoms with Crippen molar-refractivity contribution in [2.24, 2.45) is 0 Å². The zero-order valence-electron chi connectivity index (χ0n) is 15.3. The molecular weight excluding hydrogens is 354 g/mol. The third-order valence-electron chi connectivity index (χ3n) is 4.68. The molecule has 1 atom stereocenters. The summed E-state index contributed by atoms with van der Waals surface area (Å²) >= 11 is 0. The summed E-state index contributed by atoms with van der Waals surface area (Å²) in [6.07, 6.45) is 13.6. The molecule has 0 unspecified atom stereocenters. The monoisotopic (exact) mass is 375 g/mol. The van der Waals surface area contributed by atoms with Gasteiger partial charge < -0.3 is 15.2 Å². The van der Waals surface area contributed by atoms with E-state index in [-0.39, 0.29) is 11.8 Å². The van der Waals surface area contributed by atoms with Crippen molar-refractivity contribution in [1.82, 2.24) is 29.8 Å². The number of carbonyl (C=O) groups is 1. The lowest BCUT2D eigenvalue weighted by Crippen LogP contribution is -2.38. The van der Waals surface area contributed by atoms with Gasteiger partial charge in [0.25, 0.3) is 0 Å². The fourth-order valence-electron chi connectivity index (χ4n) is 3.33. The summed E-state index contributed by atoms with van der Waals surface area (Å²) in [6.45, 7) is 1.35. The molecule has 8 nitrogen and oxygen atoms in total. The number of pyridine rings is 1. The Hall–Kier alpha value is -3.55. The highest BCUT2D eigenvalue weighted by Crippen LogP contribution is 2.30. The molecule has 0 saturated carbocycles. The SMILES string of the molecule is O=C(/C=C/c1cnc[nH]1)N1CCC[C@H](c2nccnc2Nc2ccccn2)C1. The number of carbonyl (C=O) groups excluding carboxylic acids is 1. The number of piperidine rings is 1. The molecule has 3 aromatic rings. The molecule has 1 aliphatic heterocycles. The van der Waals surface area contributed by atoms with Gasteiger partial charge in [-0.2, -0.15) is 0 Å². The number of anilines is 2. The summed E-state index contributed by atoms with van der Waals surface area (Å²) in [5.41, 5.74) is 1.67. The molecule has 1 saturated heterocycles. The van der Waals surface area contributed by atoms with E-state index in [0.29, 0.717) is 12.4 Å². The second-order valence-electron chi connectivity index (χ2n) is 6.59. The van der Waals surface area contributed by atoms with E-state index in [9.17, 15) is 4.79 Å². The fraction of sp³-hybridized carbons (Fsp3) is 0.250. The maximum Gasteiger partial charge on any atom is 0.246 e. The number of likely N-dealkylation sites (tertiary alicyclic amines) is 1. The summed E-state index contributed by atoms with van der Waals surface area (Å²) in [5, 5.41) is 3.24. The van der Waals surface area contributed by atoms with Crippen LogP contribution in [0.4, 0.5) is 11.6 Å². The summed E-state index contributed by atoms with van der Waals surface area (Å²) in [6, 6.07) is 5.66. The van der Waals surface area contributed by atoms with Gasteiger partial charge in [-0.25, -0.2) is 15.0 Å². The maximum atomic E-state index is 12.6. The van der Waals surface area contributed by atoms with Crippen molar-refractivity contribution >= 4 is 23.6 Å². The summed E-state index contributed by atoms with van der Waals surface area (Å²) in [7, 11) is 0. The van der Waals surface area contributed by atoms with Crippen LogP contribution in [0.3, 0.4) is 0 Å². The van der Waals surface area contributed by atoms with E-state index in [1.54, 1.807) is 43.3 Å². The Balaban J connectivity index is 1.48. The van der Waals surface area contributed by atoms with Crippen molar-refractivity contribution < 1.29 is 4.79 Å². The van der Waals surface area contributed by atoms with Crippen molar-refractivity contribution in [1.29, 1.82) is 0 Å².